The van der Waals surface area contributed by atoms with E-state index in [2.05, 4.69) is 26.0 Å². The molecule has 2 aromatic heterocycles. The van der Waals surface area contributed by atoms with E-state index in [1.165, 1.54) is 0 Å². The van der Waals surface area contributed by atoms with Crippen molar-refractivity contribution in [2.75, 3.05) is 0 Å². The molecule has 0 atom stereocenters. The van der Waals surface area contributed by atoms with Gasteiger partial charge in [-0.05, 0) is 12.1 Å². The fourth-order valence-electron chi connectivity index (χ4n) is 1.25. The predicted molar refractivity (Wildman–Crippen MR) is 53.6 cm³/mol. The first-order valence-corrected chi connectivity index (χ1v) is 4.98. The van der Waals surface area contributed by atoms with Gasteiger partial charge in [-0.15, -0.1) is 4.68 Å². The van der Waals surface area contributed by atoms with Crippen molar-refractivity contribution in [1.29, 1.82) is 0 Å². The topological polar surface area (TPSA) is 68.0 Å². The number of halogens is 1. The molecule has 72 valence electrons. The number of hydrogen-bond donors (Lipinski definition) is 1. The Kier molecular flexibility index (Phi) is 2.20. The maximum Gasteiger partial charge on any atom is 0.434 e. The molecule has 2 rings (SSSR count). The maximum atomic E-state index is 10.8. The Morgan fingerprint density at radius 3 is 3.07 bits per heavy atom. The summed E-state index contributed by atoms with van der Waals surface area (Å²) in [7, 11) is 0. The average molecular weight is 256 g/mol. The van der Waals surface area contributed by atoms with Crippen LogP contribution in [0.3, 0.4) is 0 Å². The third-order valence-corrected chi connectivity index (χ3v) is 2.36. The van der Waals surface area contributed by atoms with Gasteiger partial charge in [0.15, 0.2) is 5.65 Å². The van der Waals surface area contributed by atoms with Crippen molar-refractivity contribution in [2.24, 2.45) is 0 Å². The number of nitrogens with zero attached hydrogens (tertiary/aromatic N) is 3. The van der Waals surface area contributed by atoms with Crippen molar-refractivity contribution in [3.05, 3.63) is 24.0 Å². The highest BCUT2D eigenvalue weighted by molar-refractivity contribution is 9.08. The summed E-state index contributed by atoms with van der Waals surface area (Å²) in [5.41, 5.74) is 1.05. The van der Waals surface area contributed by atoms with Crippen LogP contribution in [-0.2, 0) is 5.33 Å². The van der Waals surface area contributed by atoms with Crippen LogP contribution in [-0.4, -0.2) is 26.0 Å². The molecule has 1 N–H and O–H groups in total. The van der Waals surface area contributed by atoms with E-state index in [0.717, 1.165) is 10.1 Å². The van der Waals surface area contributed by atoms with Crippen LogP contribution in [0.25, 0.3) is 11.0 Å². The minimum atomic E-state index is -1.12. The van der Waals surface area contributed by atoms with Crippen LogP contribution in [0, 0.1) is 0 Å². The van der Waals surface area contributed by atoms with E-state index in [9.17, 15) is 4.79 Å². The van der Waals surface area contributed by atoms with Crippen molar-refractivity contribution in [2.45, 2.75) is 5.33 Å². The fraction of sp³-hybridized carbons (Fsp3) is 0.125. The summed E-state index contributed by atoms with van der Waals surface area (Å²) < 4.78 is 0.881. The van der Waals surface area contributed by atoms with Gasteiger partial charge >= 0.3 is 6.09 Å². The summed E-state index contributed by atoms with van der Waals surface area (Å²) >= 11 is 3.24. The van der Waals surface area contributed by atoms with Crippen molar-refractivity contribution < 1.29 is 9.90 Å². The molecular weight excluding hydrogens is 250 g/mol. The van der Waals surface area contributed by atoms with E-state index in [0.29, 0.717) is 16.7 Å². The number of pyridine rings is 1. The SMILES string of the molecule is O=C(O)n1nc(CBr)c2cccnc21. The van der Waals surface area contributed by atoms with Gasteiger partial charge in [-0.3, -0.25) is 0 Å². The standard InChI is InChI=1S/C8H6BrN3O2/c9-4-6-5-2-1-3-10-7(5)12(11-6)8(13)14/h1-3H,4H2,(H,13,14). The number of rotatable bonds is 1. The Hall–Kier alpha value is -1.43. The summed E-state index contributed by atoms with van der Waals surface area (Å²) in [6, 6.07) is 3.55. The molecule has 0 fully saturated rings. The van der Waals surface area contributed by atoms with Gasteiger partial charge in [0.1, 0.15) is 0 Å². The monoisotopic (exact) mass is 255 g/mol. The number of carboxylic acid groups (broad SMARTS) is 1. The number of fused-ring (bicyclic) bond motifs is 1. The number of carbonyl (C=O) groups is 1. The molecule has 0 unspecified atom stereocenters. The van der Waals surface area contributed by atoms with Gasteiger partial charge in [-0.25, -0.2) is 9.78 Å². The molecule has 0 bridgehead atoms. The Bertz CT molecular complexity index is 494. The molecule has 0 aliphatic heterocycles. The molecular formula is C8H6BrN3O2. The molecule has 0 amide bonds. The fourth-order valence-corrected chi connectivity index (χ4v) is 1.66. The van der Waals surface area contributed by atoms with Crippen LogP contribution in [0.4, 0.5) is 4.79 Å². The molecule has 0 aliphatic rings. The summed E-state index contributed by atoms with van der Waals surface area (Å²) in [5.74, 6) is 0. The zero-order valence-corrected chi connectivity index (χ0v) is 8.60. The third-order valence-electron chi connectivity index (χ3n) is 1.83. The lowest BCUT2D eigenvalue weighted by atomic mass is 10.3. The minimum absolute atomic E-state index is 0.370. The summed E-state index contributed by atoms with van der Waals surface area (Å²) in [6.45, 7) is 0. The molecule has 5 nitrogen and oxygen atoms in total. The van der Waals surface area contributed by atoms with Crippen molar-refractivity contribution >= 4 is 33.1 Å². The van der Waals surface area contributed by atoms with Crippen molar-refractivity contribution in [1.82, 2.24) is 14.8 Å². The molecule has 0 aromatic carbocycles. The smallest absolute Gasteiger partial charge is 0.434 e. The molecule has 2 aromatic rings. The first-order chi connectivity index (χ1) is 6.74. The van der Waals surface area contributed by atoms with E-state index in [-0.39, 0.29) is 0 Å². The van der Waals surface area contributed by atoms with Crippen LogP contribution in [0.2, 0.25) is 0 Å². The van der Waals surface area contributed by atoms with Crippen LogP contribution < -0.4 is 0 Å². The van der Waals surface area contributed by atoms with E-state index in [1.807, 2.05) is 0 Å². The van der Waals surface area contributed by atoms with Crippen LogP contribution in [0.15, 0.2) is 18.3 Å². The second-order valence-electron chi connectivity index (χ2n) is 2.65. The van der Waals surface area contributed by atoms with Crippen LogP contribution in [0.1, 0.15) is 5.69 Å². The number of aromatic nitrogens is 3. The highest BCUT2D eigenvalue weighted by Gasteiger charge is 2.13. The zero-order chi connectivity index (χ0) is 10.1. The lowest BCUT2D eigenvalue weighted by Crippen LogP contribution is -2.10. The zero-order valence-electron chi connectivity index (χ0n) is 7.01. The Labute approximate surface area is 87.5 Å². The molecule has 0 saturated heterocycles. The molecule has 0 aliphatic carbocycles. The van der Waals surface area contributed by atoms with E-state index in [4.69, 9.17) is 5.11 Å². The molecule has 14 heavy (non-hydrogen) atoms. The number of hydrogen-bond acceptors (Lipinski definition) is 3. The Balaban J connectivity index is 2.80. The first-order valence-electron chi connectivity index (χ1n) is 3.86. The van der Waals surface area contributed by atoms with E-state index >= 15 is 0 Å². The normalized spacial score (nSPS) is 10.6. The van der Waals surface area contributed by atoms with Crippen LogP contribution >= 0.6 is 15.9 Å². The van der Waals surface area contributed by atoms with Gasteiger partial charge in [-0.2, -0.15) is 5.10 Å². The number of alkyl halides is 1. The van der Waals surface area contributed by atoms with Crippen molar-refractivity contribution in [3.8, 4) is 0 Å². The summed E-state index contributed by atoms with van der Waals surface area (Å²) in [4.78, 5) is 14.8. The molecule has 0 saturated carbocycles. The lowest BCUT2D eigenvalue weighted by Gasteiger charge is -1.91. The molecule has 2 heterocycles. The maximum absolute atomic E-state index is 10.8. The summed E-state index contributed by atoms with van der Waals surface area (Å²) in [5, 5.41) is 14.0. The van der Waals surface area contributed by atoms with Gasteiger partial charge in [0.2, 0.25) is 0 Å². The Morgan fingerprint density at radius 2 is 2.43 bits per heavy atom. The van der Waals surface area contributed by atoms with Gasteiger partial charge < -0.3 is 5.11 Å². The quantitative estimate of drug-likeness (QED) is 0.790. The van der Waals surface area contributed by atoms with Crippen molar-refractivity contribution in [3.63, 3.8) is 0 Å². The molecule has 6 heteroatoms. The van der Waals surface area contributed by atoms with Gasteiger partial charge in [0, 0.05) is 16.9 Å². The van der Waals surface area contributed by atoms with Gasteiger partial charge in [0.25, 0.3) is 0 Å². The lowest BCUT2D eigenvalue weighted by molar-refractivity contribution is 0.193. The van der Waals surface area contributed by atoms with Crippen LogP contribution in [0.5, 0.6) is 0 Å². The molecule has 0 radical (unpaired) electrons. The largest absolute Gasteiger partial charge is 0.463 e. The second-order valence-corrected chi connectivity index (χ2v) is 3.21. The third kappa shape index (κ3) is 1.27. The van der Waals surface area contributed by atoms with Gasteiger partial charge in [-0.1, -0.05) is 15.9 Å². The minimum Gasteiger partial charge on any atom is -0.463 e. The highest BCUT2D eigenvalue weighted by Crippen LogP contribution is 2.17. The summed E-state index contributed by atoms with van der Waals surface area (Å²) in [6.07, 6.45) is 0.419. The first kappa shape index (κ1) is 9.14. The van der Waals surface area contributed by atoms with E-state index in [1.54, 1.807) is 18.3 Å². The predicted octanol–water partition coefficient (Wildman–Crippen LogP) is 1.85. The Morgan fingerprint density at radius 1 is 1.64 bits per heavy atom. The van der Waals surface area contributed by atoms with E-state index < -0.39 is 6.09 Å². The second kappa shape index (κ2) is 3.38. The van der Waals surface area contributed by atoms with Gasteiger partial charge in [0.05, 0.1) is 5.69 Å². The average Bonchev–Trinajstić information content (AvgIpc) is 2.56. The molecule has 0 spiro atoms. The highest BCUT2D eigenvalue weighted by atomic mass is 79.9.